The highest BCUT2D eigenvalue weighted by Crippen LogP contribution is 2.01. The zero-order valence-corrected chi connectivity index (χ0v) is 9.38. The molecule has 0 amide bonds. The molecule has 0 aromatic rings. The maximum Gasteiger partial charge on any atom is 0.184 e. The molecular formula is C11H21NO2. The summed E-state index contributed by atoms with van der Waals surface area (Å²) in [6.07, 6.45) is 6.12. The summed E-state index contributed by atoms with van der Waals surface area (Å²) in [5.41, 5.74) is 0. The van der Waals surface area contributed by atoms with E-state index in [0.717, 1.165) is 13.0 Å². The Morgan fingerprint density at radius 2 is 1.79 bits per heavy atom. The van der Waals surface area contributed by atoms with Crippen LogP contribution in [0.2, 0.25) is 0 Å². The van der Waals surface area contributed by atoms with Gasteiger partial charge in [0, 0.05) is 13.2 Å². The first-order valence-corrected chi connectivity index (χ1v) is 5.22. The fourth-order valence-corrected chi connectivity index (χ4v) is 1.10. The molecule has 0 saturated heterocycles. The Labute approximate surface area is 87.2 Å². The quantitative estimate of drug-likeness (QED) is 0.473. The average Bonchev–Trinajstić information content (AvgIpc) is 2.19. The first-order chi connectivity index (χ1) is 6.79. The van der Waals surface area contributed by atoms with Crippen LogP contribution in [0.25, 0.3) is 0 Å². The van der Waals surface area contributed by atoms with E-state index >= 15 is 0 Å². The molecule has 0 bridgehead atoms. The van der Waals surface area contributed by atoms with E-state index in [-0.39, 0.29) is 12.3 Å². The molecule has 0 spiro atoms. The van der Waals surface area contributed by atoms with Crippen molar-refractivity contribution in [1.29, 1.82) is 0 Å². The highest BCUT2D eigenvalue weighted by molar-refractivity contribution is 5.00. The Morgan fingerprint density at radius 3 is 2.14 bits per heavy atom. The van der Waals surface area contributed by atoms with Gasteiger partial charge in [0.15, 0.2) is 6.29 Å². The summed E-state index contributed by atoms with van der Waals surface area (Å²) in [7, 11) is 0. The second-order valence-electron chi connectivity index (χ2n) is 2.88. The van der Waals surface area contributed by atoms with Crippen LogP contribution in [-0.4, -0.2) is 32.1 Å². The van der Waals surface area contributed by atoms with Crippen LogP contribution >= 0.6 is 0 Å². The molecule has 0 aliphatic heterocycles. The molecule has 1 N–H and O–H groups in total. The minimum atomic E-state index is -0.332. The van der Waals surface area contributed by atoms with Crippen molar-refractivity contribution in [2.75, 3.05) is 19.8 Å². The van der Waals surface area contributed by atoms with Crippen molar-refractivity contribution in [3.8, 4) is 12.3 Å². The van der Waals surface area contributed by atoms with Gasteiger partial charge in [-0.05, 0) is 26.8 Å². The Morgan fingerprint density at radius 1 is 1.21 bits per heavy atom. The van der Waals surface area contributed by atoms with E-state index in [2.05, 4.69) is 18.2 Å². The third kappa shape index (κ3) is 5.23. The molecule has 1 unspecified atom stereocenters. The Balaban J connectivity index is 4.05. The van der Waals surface area contributed by atoms with Crippen LogP contribution < -0.4 is 5.32 Å². The summed E-state index contributed by atoms with van der Waals surface area (Å²) in [6.45, 7) is 8.05. The van der Waals surface area contributed by atoms with Gasteiger partial charge in [0.1, 0.15) is 6.04 Å². The number of terminal acetylenes is 1. The predicted octanol–water partition coefficient (Wildman–Crippen LogP) is 1.39. The van der Waals surface area contributed by atoms with E-state index in [9.17, 15) is 0 Å². The van der Waals surface area contributed by atoms with Crippen LogP contribution in [-0.2, 0) is 9.47 Å². The largest absolute Gasteiger partial charge is 0.350 e. The number of rotatable bonds is 8. The molecular weight excluding hydrogens is 178 g/mol. The Bertz CT molecular complexity index is 159. The van der Waals surface area contributed by atoms with E-state index < -0.39 is 0 Å². The smallest absolute Gasteiger partial charge is 0.184 e. The van der Waals surface area contributed by atoms with Gasteiger partial charge in [-0.15, -0.1) is 6.42 Å². The van der Waals surface area contributed by atoms with Crippen LogP contribution in [0, 0.1) is 12.3 Å². The average molecular weight is 199 g/mol. The zero-order valence-electron chi connectivity index (χ0n) is 9.38. The molecule has 0 aromatic carbocycles. The lowest BCUT2D eigenvalue weighted by molar-refractivity contribution is -0.144. The van der Waals surface area contributed by atoms with Crippen molar-refractivity contribution in [3.63, 3.8) is 0 Å². The molecule has 3 nitrogen and oxygen atoms in total. The fraction of sp³-hybridized carbons (Fsp3) is 0.818. The van der Waals surface area contributed by atoms with Gasteiger partial charge in [0.2, 0.25) is 0 Å². The normalized spacial score (nSPS) is 12.8. The molecule has 14 heavy (non-hydrogen) atoms. The highest BCUT2D eigenvalue weighted by atomic mass is 16.7. The van der Waals surface area contributed by atoms with Gasteiger partial charge >= 0.3 is 0 Å². The minimum Gasteiger partial charge on any atom is -0.350 e. The van der Waals surface area contributed by atoms with Gasteiger partial charge in [-0.3, -0.25) is 5.32 Å². The highest BCUT2D eigenvalue weighted by Gasteiger charge is 2.18. The van der Waals surface area contributed by atoms with Crippen molar-refractivity contribution >= 4 is 0 Å². The second-order valence-corrected chi connectivity index (χ2v) is 2.88. The summed E-state index contributed by atoms with van der Waals surface area (Å²) in [5, 5.41) is 3.20. The Kier molecular flexibility index (Phi) is 8.65. The Hall–Kier alpha value is -0.560. The third-order valence-corrected chi connectivity index (χ3v) is 1.73. The van der Waals surface area contributed by atoms with Crippen LogP contribution in [0.15, 0.2) is 0 Å². The minimum absolute atomic E-state index is 0.158. The number of nitrogens with one attached hydrogen (secondary N) is 1. The third-order valence-electron chi connectivity index (χ3n) is 1.73. The molecule has 1 atom stereocenters. The van der Waals surface area contributed by atoms with Crippen molar-refractivity contribution < 1.29 is 9.47 Å². The second kappa shape index (κ2) is 9.01. The standard InChI is InChI=1S/C11H21NO2/c1-5-9-12-10(6-2)11(13-7-3)14-8-4/h2,10-12H,5,7-9H2,1,3-4H3. The monoisotopic (exact) mass is 199 g/mol. The van der Waals surface area contributed by atoms with Crippen molar-refractivity contribution in [1.82, 2.24) is 5.32 Å². The van der Waals surface area contributed by atoms with E-state index in [1.54, 1.807) is 0 Å². The predicted molar refractivity (Wildman–Crippen MR) is 58.0 cm³/mol. The van der Waals surface area contributed by atoms with Crippen LogP contribution in [0.1, 0.15) is 27.2 Å². The summed E-state index contributed by atoms with van der Waals surface area (Å²) >= 11 is 0. The first kappa shape index (κ1) is 13.4. The molecule has 0 radical (unpaired) electrons. The summed E-state index contributed by atoms with van der Waals surface area (Å²) in [4.78, 5) is 0. The molecule has 0 aromatic heterocycles. The summed E-state index contributed by atoms with van der Waals surface area (Å²) < 4.78 is 10.8. The van der Waals surface area contributed by atoms with Gasteiger partial charge in [-0.2, -0.15) is 0 Å². The van der Waals surface area contributed by atoms with E-state index in [4.69, 9.17) is 15.9 Å². The van der Waals surface area contributed by atoms with Gasteiger partial charge in [0.05, 0.1) is 0 Å². The molecule has 0 saturated carbocycles. The molecule has 0 rings (SSSR count). The van der Waals surface area contributed by atoms with Gasteiger partial charge in [-0.1, -0.05) is 12.8 Å². The van der Waals surface area contributed by atoms with Crippen LogP contribution in [0.3, 0.4) is 0 Å². The van der Waals surface area contributed by atoms with E-state index in [1.165, 1.54) is 0 Å². The van der Waals surface area contributed by atoms with Gasteiger partial charge in [0.25, 0.3) is 0 Å². The maximum atomic E-state index is 5.41. The topological polar surface area (TPSA) is 30.5 Å². The molecule has 3 heteroatoms. The molecule has 0 aliphatic carbocycles. The molecule has 0 heterocycles. The van der Waals surface area contributed by atoms with Crippen LogP contribution in [0.5, 0.6) is 0 Å². The first-order valence-electron chi connectivity index (χ1n) is 5.22. The lowest BCUT2D eigenvalue weighted by Gasteiger charge is -2.23. The molecule has 0 fully saturated rings. The summed E-state index contributed by atoms with van der Waals surface area (Å²) in [5.74, 6) is 2.65. The van der Waals surface area contributed by atoms with Gasteiger partial charge < -0.3 is 9.47 Å². The van der Waals surface area contributed by atoms with E-state index in [1.807, 2.05) is 13.8 Å². The van der Waals surface area contributed by atoms with Gasteiger partial charge in [-0.25, -0.2) is 0 Å². The maximum absolute atomic E-state index is 5.41. The number of hydrogen-bond acceptors (Lipinski definition) is 3. The van der Waals surface area contributed by atoms with Crippen molar-refractivity contribution in [3.05, 3.63) is 0 Å². The number of ether oxygens (including phenoxy) is 2. The van der Waals surface area contributed by atoms with Crippen LogP contribution in [0.4, 0.5) is 0 Å². The fourth-order valence-electron chi connectivity index (χ4n) is 1.10. The zero-order chi connectivity index (χ0) is 10.8. The lowest BCUT2D eigenvalue weighted by Crippen LogP contribution is -2.42. The number of hydrogen-bond donors (Lipinski definition) is 1. The van der Waals surface area contributed by atoms with Crippen molar-refractivity contribution in [2.24, 2.45) is 0 Å². The molecule has 0 aliphatic rings. The SMILES string of the molecule is C#CC(NCCC)C(OCC)OCC. The lowest BCUT2D eigenvalue weighted by atomic mass is 10.3. The molecule has 82 valence electrons. The van der Waals surface area contributed by atoms with E-state index in [0.29, 0.717) is 13.2 Å². The summed E-state index contributed by atoms with van der Waals surface area (Å²) in [6, 6.07) is -0.158. The van der Waals surface area contributed by atoms with Crippen molar-refractivity contribution in [2.45, 2.75) is 39.5 Å².